The van der Waals surface area contributed by atoms with Crippen molar-refractivity contribution in [2.75, 3.05) is 11.9 Å². The minimum atomic E-state index is -3.73. The van der Waals surface area contributed by atoms with E-state index in [1.807, 2.05) is 18.4 Å². The van der Waals surface area contributed by atoms with Gasteiger partial charge in [-0.05, 0) is 62.9 Å². The number of carbonyl (C=O) groups excluding carboxylic acids is 1. The molecule has 0 spiro atoms. The summed E-state index contributed by atoms with van der Waals surface area (Å²) in [5.41, 5.74) is 5.16. The minimum absolute atomic E-state index is 0.212. The number of anilines is 1. The smallest absolute Gasteiger partial charge is 0.244 e. The largest absolute Gasteiger partial charge is 0.301 e. The van der Waals surface area contributed by atoms with Crippen LogP contribution in [-0.4, -0.2) is 36.2 Å². The molecule has 1 unspecified atom stereocenters. The first kappa shape index (κ1) is 21.7. The van der Waals surface area contributed by atoms with E-state index in [2.05, 4.69) is 36.3 Å². The first-order valence-electron chi connectivity index (χ1n) is 10.2. The van der Waals surface area contributed by atoms with E-state index in [0.29, 0.717) is 24.5 Å². The van der Waals surface area contributed by atoms with Crippen molar-refractivity contribution in [2.24, 2.45) is 0 Å². The lowest BCUT2D eigenvalue weighted by atomic mass is 10.1. The second-order valence-electron chi connectivity index (χ2n) is 7.91. The zero-order valence-corrected chi connectivity index (χ0v) is 19.4. The van der Waals surface area contributed by atoms with Crippen LogP contribution in [0.2, 0.25) is 0 Å². The summed E-state index contributed by atoms with van der Waals surface area (Å²) < 4.78 is 27.5. The average Bonchev–Trinajstić information content (AvgIpc) is 3.40. The third-order valence-corrected chi connectivity index (χ3v) is 8.35. The van der Waals surface area contributed by atoms with Crippen molar-refractivity contribution in [3.05, 3.63) is 64.5 Å². The molecular weight excluding hydrogens is 430 g/mol. The van der Waals surface area contributed by atoms with Crippen LogP contribution in [0.1, 0.15) is 29.5 Å². The first-order valence-corrected chi connectivity index (χ1v) is 12.5. The van der Waals surface area contributed by atoms with Gasteiger partial charge in [0.2, 0.25) is 15.9 Å². The van der Waals surface area contributed by atoms with Gasteiger partial charge in [-0.25, -0.2) is 13.4 Å². The van der Waals surface area contributed by atoms with Crippen molar-refractivity contribution in [1.82, 2.24) is 9.29 Å². The standard InChI is InChI=1S/C23H25N3O3S2/c1-15-6-10-19(11-7-15)31(28,29)26-12-4-5-21(26)22(27)25-23-24-20(14-30-23)18-9-8-16(2)17(3)13-18/h6-11,13-14,21H,4-5,12H2,1-3H3,(H,24,25,27). The van der Waals surface area contributed by atoms with Crippen LogP contribution in [-0.2, 0) is 14.8 Å². The molecule has 162 valence electrons. The summed E-state index contributed by atoms with van der Waals surface area (Å²) in [5, 5.41) is 5.19. The van der Waals surface area contributed by atoms with E-state index in [-0.39, 0.29) is 10.8 Å². The van der Waals surface area contributed by atoms with Gasteiger partial charge in [0.1, 0.15) is 6.04 Å². The van der Waals surface area contributed by atoms with Gasteiger partial charge >= 0.3 is 0 Å². The van der Waals surface area contributed by atoms with E-state index in [1.54, 1.807) is 24.3 Å². The molecule has 0 aliphatic carbocycles. The Morgan fingerprint density at radius 3 is 2.55 bits per heavy atom. The van der Waals surface area contributed by atoms with Gasteiger partial charge in [0.15, 0.2) is 5.13 Å². The third-order valence-electron chi connectivity index (χ3n) is 5.67. The van der Waals surface area contributed by atoms with Gasteiger partial charge in [-0.3, -0.25) is 4.79 Å². The first-order chi connectivity index (χ1) is 14.8. The van der Waals surface area contributed by atoms with Crippen LogP contribution in [0.25, 0.3) is 11.3 Å². The Morgan fingerprint density at radius 1 is 1.10 bits per heavy atom. The summed E-state index contributed by atoms with van der Waals surface area (Å²) in [7, 11) is -3.73. The molecular formula is C23H25N3O3S2. The summed E-state index contributed by atoms with van der Waals surface area (Å²) in [6.45, 7) is 6.35. The molecule has 3 aromatic rings. The molecule has 4 rings (SSSR count). The summed E-state index contributed by atoms with van der Waals surface area (Å²) in [5.74, 6) is -0.339. The number of nitrogens with zero attached hydrogens (tertiary/aromatic N) is 2. The molecule has 1 saturated heterocycles. The molecule has 2 aromatic carbocycles. The average molecular weight is 456 g/mol. The van der Waals surface area contributed by atoms with E-state index in [0.717, 1.165) is 16.8 Å². The Balaban J connectivity index is 1.51. The highest BCUT2D eigenvalue weighted by Gasteiger charge is 2.39. The number of aromatic nitrogens is 1. The lowest BCUT2D eigenvalue weighted by molar-refractivity contribution is -0.119. The molecule has 6 nitrogen and oxygen atoms in total. The lowest BCUT2D eigenvalue weighted by Gasteiger charge is -2.23. The van der Waals surface area contributed by atoms with Crippen molar-refractivity contribution in [3.8, 4) is 11.3 Å². The molecule has 0 radical (unpaired) electrons. The quantitative estimate of drug-likeness (QED) is 0.613. The Hall–Kier alpha value is -2.55. The van der Waals surface area contributed by atoms with Gasteiger partial charge in [-0.15, -0.1) is 11.3 Å². The number of amides is 1. The maximum Gasteiger partial charge on any atom is 0.244 e. The van der Waals surface area contributed by atoms with Gasteiger partial charge < -0.3 is 5.32 Å². The molecule has 1 aliphatic rings. The highest BCUT2D eigenvalue weighted by molar-refractivity contribution is 7.89. The number of carbonyl (C=O) groups is 1. The van der Waals surface area contributed by atoms with E-state index in [9.17, 15) is 13.2 Å². The Morgan fingerprint density at radius 2 is 1.84 bits per heavy atom. The number of hydrogen-bond donors (Lipinski definition) is 1. The van der Waals surface area contributed by atoms with Crippen LogP contribution in [0, 0.1) is 20.8 Å². The molecule has 0 saturated carbocycles. The van der Waals surface area contributed by atoms with Crippen LogP contribution in [0.4, 0.5) is 5.13 Å². The summed E-state index contributed by atoms with van der Waals surface area (Å²) in [6.07, 6.45) is 1.14. The van der Waals surface area contributed by atoms with Crippen LogP contribution in [0.3, 0.4) is 0 Å². The predicted octanol–water partition coefficient (Wildman–Crippen LogP) is 4.53. The van der Waals surface area contributed by atoms with Gasteiger partial charge in [-0.1, -0.05) is 29.8 Å². The number of rotatable bonds is 5. The molecule has 8 heteroatoms. The fourth-order valence-corrected chi connectivity index (χ4v) is 6.07. The second-order valence-corrected chi connectivity index (χ2v) is 10.7. The zero-order valence-electron chi connectivity index (χ0n) is 17.8. The topological polar surface area (TPSA) is 79.4 Å². The van der Waals surface area contributed by atoms with Crippen molar-refractivity contribution in [1.29, 1.82) is 0 Å². The van der Waals surface area contributed by atoms with Crippen molar-refractivity contribution in [2.45, 2.75) is 44.6 Å². The number of benzene rings is 2. The maximum atomic E-state index is 13.1. The van der Waals surface area contributed by atoms with E-state index < -0.39 is 16.1 Å². The van der Waals surface area contributed by atoms with Crippen molar-refractivity contribution in [3.63, 3.8) is 0 Å². The summed E-state index contributed by atoms with van der Waals surface area (Å²) in [4.78, 5) is 17.7. The van der Waals surface area contributed by atoms with Crippen LogP contribution >= 0.6 is 11.3 Å². The van der Waals surface area contributed by atoms with E-state index in [1.165, 1.54) is 26.8 Å². The fourth-order valence-electron chi connectivity index (χ4n) is 3.69. The molecule has 2 heterocycles. The molecule has 1 amide bonds. The molecule has 1 atom stereocenters. The second kappa shape index (κ2) is 8.53. The molecule has 1 aliphatic heterocycles. The Labute approximate surface area is 187 Å². The normalized spacial score (nSPS) is 17.1. The van der Waals surface area contributed by atoms with Crippen molar-refractivity contribution < 1.29 is 13.2 Å². The van der Waals surface area contributed by atoms with E-state index >= 15 is 0 Å². The van der Waals surface area contributed by atoms with Crippen LogP contribution in [0.5, 0.6) is 0 Å². The molecule has 31 heavy (non-hydrogen) atoms. The van der Waals surface area contributed by atoms with Gasteiger partial charge in [0.25, 0.3) is 0 Å². The zero-order chi connectivity index (χ0) is 22.2. The highest BCUT2D eigenvalue weighted by atomic mass is 32.2. The van der Waals surface area contributed by atoms with Crippen LogP contribution in [0.15, 0.2) is 52.7 Å². The number of nitrogens with one attached hydrogen (secondary N) is 1. The molecule has 1 fully saturated rings. The number of aryl methyl sites for hydroxylation is 3. The summed E-state index contributed by atoms with van der Waals surface area (Å²) >= 11 is 1.34. The van der Waals surface area contributed by atoms with Gasteiger partial charge in [-0.2, -0.15) is 4.31 Å². The van der Waals surface area contributed by atoms with Gasteiger partial charge in [0, 0.05) is 17.5 Å². The minimum Gasteiger partial charge on any atom is -0.301 e. The van der Waals surface area contributed by atoms with Gasteiger partial charge in [0.05, 0.1) is 10.6 Å². The highest BCUT2D eigenvalue weighted by Crippen LogP contribution is 2.29. The summed E-state index contributed by atoms with van der Waals surface area (Å²) in [6, 6.07) is 12.1. The fraction of sp³-hybridized carbons (Fsp3) is 0.304. The third kappa shape index (κ3) is 4.42. The lowest BCUT2D eigenvalue weighted by Crippen LogP contribution is -2.43. The maximum absolute atomic E-state index is 13.1. The molecule has 0 bridgehead atoms. The Bertz CT molecular complexity index is 1220. The molecule has 1 N–H and O–H groups in total. The Kier molecular flexibility index (Phi) is 5.96. The number of sulfonamides is 1. The monoisotopic (exact) mass is 455 g/mol. The van der Waals surface area contributed by atoms with Crippen molar-refractivity contribution >= 4 is 32.4 Å². The van der Waals surface area contributed by atoms with E-state index in [4.69, 9.17) is 0 Å². The molecule has 1 aromatic heterocycles. The number of thiazole rings is 1. The predicted molar refractivity (Wildman–Crippen MR) is 124 cm³/mol. The SMILES string of the molecule is Cc1ccc(S(=O)(=O)N2CCCC2C(=O)Nc2nc(-c3ccc(C)c(C)c3)cs2)cc1. The number of hydrogen-bond acceptors (Lipinski definition) is 5. The van der Waals surface area contributed by atoms with Crippen LogP contribution < -0.4 is 5.32 Å².